The number of hydrogen-bond donors (Lipinski definition) is 0. The molecule has 0 amide bonds. The Morgan fingerprint density at radius 3 is 0.689 bits per heavy atom. The van der Waals surface area contributed by atoms with E-state index in [2.05, 4.69) is 20.8 Å². The number of carbonyl (C=O) groups is 3. The lowest BCUT2D eigenvalue weighted by molar-refractivity contribution is 0.0978. The average Bonchev–Trinajstić information content (AvgIpc) is 3.05. The second kappa shape index (κ2) is 29.6. The zero-order valence-electron chi connectivity index (χ0n) is 30.2. The van der Waals surface area contributed by atoms with Crippen LogP contribution >= 0.6 is 0 Å². The van der Waals surface area contributed by atoms with Gasteiger partial charge in [-0.15, -0.1) is 0 Å². The number of unbranched alkanes of at least 4 members (excludes halogenated alkanes) is 24. The fraction of sp³-hybridized carbons (Fsp3) is 0.786. The van der Waals surface area contributed by atoms with Gasteiger partial charge in [0.15, 0.2) is 17.3 Å². The van der Waals surface area contributed by atoms with Crippen LogP contribution in [0.2, 0.25) is 0 Å². The van der Waals surface area contributed by atoms with Gasteiger partial charge in [0.2, 0.25) is 0 Å². The van der Waals surface area contributed by atoms with Crippen molar-refractivity contribution in [3.8, 4) is 0 Å². The molecular weight excluding hydrogens is 552 g/mol. The van der Waals surface area contributed by atoms with Crippen LogP contribution in [-0.2, 0) is 0 Å². The van der Waals surface area contributed by atoms with E-state index in [1.807, 2.05) is 0 Å². The molecule has 1 aromatic rings. The van der Waals surface area contributed by atoms with Crippen molar-refractivity contribution in [2.75, 3.05) is 0 Å². The molecule has 0 spiro atoms. The normalized spacial score (nSPS) is 11.3. The molecule has 0 saturated carbocycles. The molecule has 1 aromatic carbocycles. The van der Waals surface area contributed by atoms with Gasteiger partial charge in [-0.25, -0.2) is 0 Å². The lowest BCUT2D eigenvalue weighted by Crippen LogP contribution is -2.09. The van der Waals surface area contributed by atoms with Crippen LogP contribution < -0.4 is 0 Å². The highest BCUT2D eigenvalue weighted by Gasteiger charge is 2.16. The second-order valence-corrected chi connectivity index (χ2v) is 13.8. The SMILES string of the molecule is CCCCCCCCCCCC(=O)c1cc(C(=O)CCCCCCCCCCC)cc(C(=O)CCCCCCCCCCC)c1. The van der Waals surface area contributed by atoms with Gasteiger partial charge in [0.05, 0.1) is 0 Å². The summed E-state index contributed by atoms with van der Waals surface area (Å²) >= 11 is 0. The third kappa shape index (κ3) is 22.4. The monoisotopic (exact) mass is 625 g/mol. The van der Waals surface area contributed by atoms with E-state index in [0.717, 1.165) is 38.5 Å². The summed E-state index contributed by atoms with van der Waals surface area (Å²) in [7, 11) is 0. The van der Waals surface area contributed by atoms with E-state index in [4.69, 9.17) is 0 Å². The maximum absolute atomic E-state index is 13.2. The Bertz CT molecular complexity index is 759. The molecule has 0 atom stereocenters. The molecule has 0 aromatic heterocycles. The van der Waals surface area contributed by atoms with Crippen molar-refractivity contribution in [2.24, 2.45) is 0 Å². The van der Waals surface area contributed by atoms with E-state index >= 15 is 0 Å². The standard InChI is InChI=1S/C42H72O3/c1-4-7-10-13-16-19-22-25-28-31-40(43)37-34-38(41(44)32-29-26-23-20-17-14-11-8-5-2)36-39(35-37)42(45)33-30-27-24-21-18-15-12-9-6-3/h34-36H,4-33H2,1-3H3. The number of rotatable bonds is 33. The Morgan fingerprint density at radius 2 is 0.489 bits per heavy atom. The third-order valence-electron chi connectivity index (χ3n) is 9.42. The molecule has 45 heavy (non-hydrogen) atoms. The average molecular weight is 625 g/mol. The smallest absolute Gasteiger partial charge is 0.162 e. The summed E-state index contributed by atoms with van der Waals surface area (Å²) in [5.41, 5.74) is 1.67. The highest BCUT2D eigenvalue weighted by atomic mass is 16.1. The summed E-state index contributed by atoms with van der Waals surface area (Å²) in [6.45, 7) is 6.74. The van der Waals surface area contributed by atoms with Crippen molar-refractivity contribution in [2.45, 2.75) is 213 Å². The summed E-state index contributed by atoms with van der Waals surface area (Å²) in [6.07, 6.45) is 34.3. The van der Waals surface area contributed by atoms with E-state index in [9.17, 15) is 14.4 Å². The van der Waals surface area contributed by atoms with Crippen LogP contribution in [0.25, 0.3) is 0 Å². The van der Waals surface area contributed by atoms with Gasteiger partial charge in [-0.1, -0.05) is 175 Å². The predicted octanol–water partition coefficient (Wildman–Crippen LogP) is 14.0. The zero-order valence-corrected chi connectivity index (χ0v) is 30.2. The van der Waals surface area contributed by atoms with E-state index in [1.54, 1.807) is 18.2 Å². The molecule has 0 N–H and O–H groups in total. The van der Waals surface area contributed by atoms with Crippen molar-refractivity contribution in [1.29, 1.82) is 0 Å². The Morgan fingerprint density at radius 1 is 0.311 bits per heavy atom. The lowest BCUT2D eigenvalue weighted by atomic mass is 9.93. The number of Topliss-reactive ketones (excluding diaryl/α,β-unsaturated/α-hetero) is 3. The van der Waals surface area contributed by atoms with E-state index in [1.165, 1.54) is 135 Å². The predicted molar refractivity (Wildman–Crippen MR) is 195 cm³/mol. The van der Waals surface area contributed by atoms with E-state index in [-0.39, 0.29) is 17.3 Å². The van der Waals surface area contributed by atoms with E-state index in [0.29, 0.717) is 36.0 Å². The Hall–Kier alpha value is -1.77. The summed E-state index contributed by atoms with van der Waals surface area (Å²) in [5, 5.41) is 0. The first kappa shape index (κ1) is 41.3. The second-order valence-electron chi connectivity index (χ2n) is 13.8. The van der Waals surface area contributed by atoms with Gasteiger partial charge in [0, 0.05) is 36.0 Å². The molecule has 0 saturated heterocycles. The minimum absolute atomic E-state index is 0.0767. The highest BCUT2D eigenvalue weighted by Crippen LogP contribution is 2.21. The topological polar surface area (TPSA) is 51.2 Å². The van der Waals surface area contributed by atoms with Crippen molar-refractivity contribution < 1.29 is 14.4 Å². The number of hydrogen-bond acceptors (Lipinski definition) is 3. The summed E-state index contributed by atoms with van der Waals surface area (Å²) in [6, 6.07) is 5.34. The minimum atomic E-state index is 0.0767. The van der Waals surface area contributed by atoms with Gasteiger partial charge in [0.1, 0.15) is 0 Å². The molecule has 0 unspecified atom stereocenters. The Labute approximate surface area is 279 Å². The summed E-state index contributed by atoms with van der Waals surface area (Å²) in [5.74, 6) is 0.230. The van der Waals surface area contributed by atoms with Crippen LogP contribution in [0.15, 0.2) is 18.2 Å². The minimum Gasteiger partial charge on any atom is -0.294 e. The summed E-state index contributed by atoms with van der Waals surface area (Å²) in [4.78, 5) is 39.7. The first-order valence-corrected chi connectivity index (χ1v) is 19.8. The number of carbonyl (C=O) groups excluding carboxylic acids is 3. The first-order valence-electron chi connectivity index (χ1n) is 19.8. The van der Waals surface area contributed by atoms with Gasteiger partial charge < -0.3 is 0 Å². The quantitative estimate of drug-likeness (QED) is 0.0577. The Kier molecular flexibility index (Phi) is 27.2. The van der Waals surface area contributed by atoms with Gasteiger partial charge in [0.25, 0.3) is 0 Å². The van der Waals surface area contributed by atoms with Crippen molar-refractivity contribution in [3.05, 3.63) is 34.9 Å². The highest BCUT2D eigenvalue weighted by molar-refractivity contribution is 6.06. The molecule has 0 aliphatic rings. The maximum atomic E-state index is 13.2. The fourth-order valence-electron chi connectivity index (χ4n) is 6.33. The van der Waals surface area contributed by atoms with Crippen LogP contribution in [0.4, 0.5) is 0 Å². The number of ketones is 3. The molecule has 3 heteroatoms. The van der Waals surface area contributed by atoms with Gasteiger partial charge in [-0.3, -0.25) is 14.4 Å². The van der Waals surface area contributed by atoms with Crippen LogP contribution in [0.3, 0.4) is 0 Å². The molecule has 258 valence electrons. The molecule has 0 aliphatic carbocycles. The number of benzene rings is 1. The molecule has 0 fully saturated rings. The van der Waals surface area contributed by atoms with Gasteiger partial charge >= 0.3 is 0 Å². The molecule has 0 radical (unpaired) electrons. The zero-order chi connectivity index (χ0) is 32.8. The van der Waals surface area contributed by atoms with Crippen LogP contribution in [-0.4, -0.2) is 17.3 Å². The molecular formula is C42H72O3. The van der Waals surface area contributed by atoms with Crippen molar-refractivity contribution in [3.63, 3.8) is 0 Å². The molecule has 3 nitrogen and oxygen atoms in total. The molecule has 0 aliphatic heterocycles. The van der Waals surface area contributed by atoms with Crippen LogP contribution in [0.5, 0.6) is 0 Å². The summed E-state index contributed by atoms with van der Waals surface area (Å²) < 4.78 is 0. The third-order valence-corrected chi connectivity index (χ3v) is 9.42. The van der Waals surface area contributed by atoms with Crippen LogP contribution in [0.1, 0.15) is 244 Å². The van der Waals surface area contributed by atoms with Crippen molar-refractivity contribution in [1.82, 2.24) is 0 Å². The molecule has 0 bridgehead atoms. The molecule has 0 heterocycles. The van der Waals surface area contributed by atoms with Crippen molar-refractivity contribution >= 4 is 17.3 Å². The molecule has 1 rings (SSSR count). The lowest BCUT2D eigenvalue weighted by Gasteiger charge is -2.10. The Balaban J connectivity index is 2.63. The van der Waals surface area contributed by atoms with Gasteiger partial charge in [-0.2, -0.15) is 0 Å². The maximum Gasteiger partial charge on any atom is 0.162 e. The first-order chi connectivity index (χ1) is 22.0. The largest absolute Gasteiger partial charge is 0.294 e. The van der Waals surface area contributed by atoms with E-state index < -0.39 is 0 Å². The van der Waals surface area contributed by atoms with Crippen LogP contribution in [0, 0.1) is 0 Å². The fourth-order valence-corrected chi connectivity index (χ4v) is 6.33. The van der Waals surface area contributed by atoms with Gasteiger partial charge in [-0.05, 0) is 37.5 Å².